The van der Waals surface area contributed by atoms with Crippen LogP contribution in [0.15, 0.2) is 47.0 Å². The number of aromatic nitrogens is 2. The molecule has 1 amide bonds. The molecular formula is C21H21N3O5. The van der Waals surface area contributed by atoms with Crippen LogP contribution in [-0.2, 0) is 4.79 Å². The van der Waals surface area contributed by atoms with E-state index in [1.54, 1.807) is 44.4 Å². The van der Waals surface area contributed by atoms with Crippen molar-refractivity contribution in [3.63, 3.8) is 0 Å². The summed E-state index contributed by atoms with van der Waals surface area (Å²) in [5.74, 6) is 2.56. The van der Waals surface area contributed by atoms with E-state index in [0.717, 1.165) is 5.69 Å². The summed E-state index contributed by atoms with van der Waals surface area (Å²) in [6.07, 6.45) is 0.304. The molecule has 1 unspecified atom stereocenters. The van der Waals surface area contributed by atoms with Gasteiger partial charge in [0, 0.05) is 30.5 Å². The van der Waals surface area contributed by atoms with Gasteiger partial charge in [-0.1, -0.05) is 17.3 Å². The second-order valence-electron chi connectivity index (χ2n) is 6.64. The molecule has 0 bridgehead atoms. The van der Waals surface area contributed by atoms with E-state index in [1.165, 1.54) is 0 Å². The number of nitrogens with zero attached hydrogens (tertiary/aromatic N) is 3. The molecule has 1 fully saturated rings. The van der Waals surface area contributed by atoms with Gasteiger partial charge in [0.25, 0.3) is 5.89 Å². The fourth-order valence-electron chi connectivity index (χ4n) is 3.41. The molecule has 8 heteroatoms. The summed E-state index contributed by atoms with van der Waals surface area (Å²) in [6.45, 7) is 0.458. The predicted octanol–water partition coefficient (Wildman–Crippen LogP) is 3.28. The highest BCUT2D eigenvalue weighted by atomic mass is 16.5. The van der Waals surface area contributed by atoms with Gasteiger partial charge in [-0.25, -0.2) is 0 Å². The van der Waals surface area contributed by atoms with Gasteiger partial charge in [0.05, 0.1) is 27.0 Å². The maximum Gasteiger partial charge on any atom is 0.258 e. The average Bonchev–Trinajstić information content (AvgIpc) is 3.40. The Morgan fingerprint density at radius 2 is 1.76 bits per heavy atom. The number of hydrogen-bond acceptors (Lipinski definition) is 7. The van der Waals surface area contributed by atoms with Crippen LogP contribution in [0.3, 0.4) is 0 Å². The first-order valence-corrected chi connectivity index (χ1v) is 9.13. The van der Waals surface area contributed by atoms with E-state index in [2.05, 4.69) is 10.1 Å². The molecular weight excluding hydrogens is 374 g/mol. The first kappa shape index (κ1) is 18.8. The first-order chi connectivity index (χ1) is 14.1. The van der Waals surface area contributed by atoms with Crippen LogP contribution in [0, 0.1) is 0 Å². The van der Waals surface area contributed by atoms with Crippen molar-refractivity contribution in [2.45, 2.75) is 12.3 Å². The number of methoxy groups -OCH3 is 3. The largest absolute Gasteiger partial charge is 0.497 e. The minimum absolute atomic E-state index is 0.00565. The number of para-hydroxylation sites is 2. The molecule has 1 aromatic heterocycles. The molecule has 1 aliphatic heterocycles. The summed E-state index contributed by atoms with van der Waals surface area (Å²) in [7, 11) is 4.74. The van der Waals surface area contributed by atoms with Gasteiger partial charge in [-0.2, -0.15) is 4.98 Å². The molecule has 1 saturated heterocycles. The molecule has 1 atom stereocenters. The molecule has 0 spiro atoms. The van der Waals surface area contributed by atoms with Crippen LogP contribution in [0.2, 0.25) is 0 Å². The van der Waals surface area contributed by atoms with Crippen LogP contribution in [0.5, 0.6) is 17.2 Å². The molecule has 0 N–H and O–H groups in total. The van der Waals surface area contributed by atoms with Gasteiger partial charge >= 0.3 is 0 Å². The maximum atomic E-state index is 12.6. The Bertz CT molecular complexity index is 1010. The van der Waals surface area contributed by atoms with Crippen molar-refractivity contribution in [2.24, 2.45) is 0 Å². The standard InChI is InChI=1S/C21H21N3O5/c1-26-15-8-13(9-16(11-15)27-2)21-22-20(23-29-21)14-10-19(25)24(12-14)17-6-4-5-7-18(17)28-3/h4-9,11,14H,10,12H2,1-3H3. The summed E-state index contributed by atoms with van der Waals surface area (Å²) in [5.41, 5.74) is 1.43. The van der Waals surface area contributed by atoms with Crippen molar-refractivity contribution in [1.29, 1.82) is 0 Å². The second kappa shape index (κ2) is 7.83. The summed E-state index contributed by atoms with van der Waals surface area (Å²) in [5, 5.41) is 4.11. The van der Waals surface area contributed by atoms with E-state index in [0.29, 0.717) is 47.5 Å². The Hall–Kier alpha value is -3.55. The van der Waals surface area contributed by atoms with Gasteiger partial charge in [0.15, 0.2) is 5.82 Å². The fraction of sp³-hybridized carbons (Fsp3) is 0.286. The molecule has 29 heavy (non-hydrogen) atoms. The van der Waals surface area contributed by atoms with E-state index in [4.69, 9.17) is 18.7 Å². The third-order valence-electron chi connectivity index (χ3n) is 4.91. The third kappa shape index (κ3) is 3.61. The summed E-state index contributed by atoms with van der Waals surface area (Å²) in [4.78, 5) is 18.8. The summed E-state index contributed by atoms with van der Waals surface area (Å²) in [6, 6.07) is 12.8. The topological polar surface area (TPSA) is 86.9 Å². The molecule has 0 radical (unpaired) electrons. The molecule has 4 rings (SSSR count). The number of carbonyl (C=O) groups excluding carboxylic acids is 1. The second-order valence-corrected chi connectivity index (χ2v) is 6.64. The highest BCUT2D eigenvalue weighted by Gasteiger charge is 2.35. The zero-order valence-electron chi connectivity index (χ0n) is 16.4. The number of hydrogen-bond donors (Lipinski definition) is 0. The van der Waals surface area contributed by atoms with Gasteiger partial charge in [0.2, 0.25) is 5.91 Å². The van der Waals surface area contributed by atoms with Crippen molar-refractivity contribution in [3.05, 3.63) is 48.3 Å². The Kier molecular flexibility index (Phi) is 5.07. The van der Waals surface area contributed by atoms with Crippen molar-refractivity contribution in [2.75, 3.05) is 32.8 Å². The molecule has 3 aromatic rings. The minimum Gasteiger partial charge on any atom is -0.497 e. The number of anilines is 1. The average molecular weight is 395 g/mol. The van der Waals surface area contributed by atoms with Crippen LogP contribution in [0.25, 0.3) is 11.5 Å². The van der Waals surface area contributed by atoms with Crippen LogP contribution in [0.4, 0.5) is 5.69 Å². The number of carbonyl (C=O) groups is 1. The lowest BCUT2D eigenvalue weighted by molar-refractivity contribution is -0.117. The van der Waals surface area contributed by atoms with E-state index in [1.807, 2.05) is 24.3 Å². The van der Waals surface area contributed by atoms with Gasteiger partial charge in [-0.3, -0.25) is 4.79 Å². The van der Waals surface area contributed by atoms with Crippen molar-refractivity contribution in [1.82, 2.24) is 10.1 Å². The van der Waals surface area contributed by atoms with Crippen molar-refractivity contribution in [3.8, 4) is 28.7 Å². The molecule has 2 aromatic carbocycles. The highest BCUT2D eigenvalue weighted by molar-refractivity contribution is 5.97. The highest BCUT2D eigenvalue weighted by Crippen LogP contribution is 2.36. The molecule has 0 aliphatic carbocycles. The third-order valence-corrected chi connectivity index (χ3v) is 4.91. The summed E-state index contributed by atoms with van der Waals surface area (Å²) < 4.78 is 21.4. The SMILES string of the molecule is COc1cc(OC)cc(-c2nc(C3CC(=O)N(c4ccccc4OC)C3)no2)c1. The molecule has 8 nitrogen and oxygen atoms in total. The molecule has 150 valence electrons. The Morgan fingerprint density at radius 1 is 1.03 bits per heavy atom. The number of rotatable bonds is 6. The quantitative estimate of drug-likeness (QED) is 0.633. The number of benzene rings is 2. The lowest BCUT2D eigenvalue weighted by atomic mass is 10.1. The van der Waals surface area contributed by atoms with Gasteiger partial charge in [0.1, 0.15) is 17.2 Å². The first-order valence-electron chi connectivity index (χ1n) is 9.13. The fourth-order valence-corrected chi connectivity index (χ4v) is 3.41. The van der Waals surface area contributed by atoms with E-state index in [-0.39, 0.29) is 11.8 Å². The van der Waals surface area contributed by atoms with Gasteiger partial charge < -0.3 is 23.6 Å². The number of ether oxygens (including phenoxy) is 3. The van der Waals surface area contributed by atoms with E-state index < -0.39 is 0 Å². The number of amides is 1. The van der Waals surface area contributed by atoms with Crippen molar-refractivity contribution >= 4 is 11.6 Å². The van der Waals surface area contributed by atoms with Crippen LogP contribution >= 0.6 is 0 Å². The monoisotopic (exact) mass is 395 g/mol. The zero-order chi connectivity index (χ0) is 20.4. The molecule has 0 saturated carbocycles. The lowest BCUT2D eigenvalue weighted by Gasteiger charge is -2.18. The van der Waals surface area contributed by atoms with E-state index >= 15 is 0 Å². The smallest absolute Gasteiger partial charge is 0.258 e. The van der Waals surface area contributed by atoms with Crippen LogP contribution < -0.4 is 19.1 Å². The predicted molar refractivity (Wildman–Crippen MR) is 106 cm³/mol. The minimum atomic E-state index is -0.169. The Balaban J connectivity index is 1.59. The Morgan fingerprint density at radius 3 is 2.45 bits per heavy atom. The normalized spacial score (nSPS) is 16.2. The van der Waals surface area contributed by atoms with Crippen LogP contribution in [0.1, 0.15) is 18.2 Å². The van der Waals surface area contributed by atoms with Gasteiger partial charge in [-0.05, 0) is 24.3 Å². The zero-order valence-corrected chi connectivity index (χ0v) is 16.4. The maximum absolute atomic E-state index is 12.6. The van der Waals surface area contributed by atoms with Gasteiger partial charge in [-0.15, -0.1) is 0 Å². The summed E-state index contributed by atoms with van der Waals surface area (Å²) >= 11 is 0. The molecule has 1 aliphatic rings. The molecule has 2 heterocycles. The lowest BCUT2D eigenvalue weighted by Crippen LogP contribution is -2.24. The van der Waals surface area contributed by atoms with Crippen LogP contribution in [-0.4, -0.2) is 43.9 Å². The van der Waals surface area contributed by atoms with E-state index in [9.17, 15) is 4.79 Å². The Labute approximate surface area is 168 Å². The van der Waals surface area contributed by atoms with Crippen molar-refractivity contribution < 1.29 is 23.5 Å².